The summed E-state index contributed by atoms with van der Waals surface area (Å²) in [5, 5.41) is 4.54. The number of benzene rings is 1. The highest BCUT2D eigenvalue weighted by Crippen LogP contribution is 2.39. The minimum Gasteiger partial charge on any atom is -0.462 e. The molecule has 1 N–H and O–H groups in total. The summed E-state index contributed by atoms with van der Waals surface area (Å²) < 4.78 is 6.88. The van der Waals surface area contributed by atoms with Crippen LogP contribution < -0.4 is 10.9 Å². The van der Waals surface area contributed by atoms with E-state index in [1.165, 1.54) is 23.1 Å². The number of carbonyl (C=O) groups excluding carboxylic acids is 2. The van der Waals surface area contributed by atoms with Crippen molar-refractivity contribution in [2.75, 3.05) is 17.7 Å². The van der Waals surface area contributed by atoms with Crippen molar-refractivity contribution in [1.29, 1.82) is 0 Å². The van der Waals surface area contributed by atoms with Crippen LogP contribution in [-0.4, -0.2) is 33.8 Å². The zero-order valence-corrected chi connectivity index (χ0v) is 20.6. The Kier molecular flexibility index (Phi) is 7.19. The van der Waals surface area contributed by atoms with E-state index in [0.29, 0.717) is 33.2 Å². The topological polar surface area (TPSA) is 90.3 Å². The highest BCUT2D eigenvalue weighted by atomic mass is 32.2. The molecule has 1 aliphatic carbocycles. The van der Waals surface area contributed by atoms with Crippen molar-refractivity contribution in [1.82, 2.24) is 9.55 Å². The summed E-state index contributed by atoms with van der Waals surface area (Å²) in [5.41, 5.74) is 2.01. The number of carbonyl (C=O) groups is 2. The van der Waals surface area contributed by atoms with Crippen molar-refractivity contribution in [2.45, 2.75) is 51.7 Å². The number of para-hydroxylation sites is 1. The Hall–Kier alpha value is -2.65. The van der Waals surface area contributed by atoms with E-state index < -0.39 is 0 Å². The molecule has 7 nitrogen and oxygen atoms in total. The van der Waals surface area contributed by atoms with Crippen LogP contribution in [0.15, 0.2) is 34.2 Å². The number of hydrogen-bond donors (Lipinski definition) is 1. The summed E-state index contributed by atoms with van der Waals surface area (Å²) in [4.78, 5) is 44.2. The number of ether oxygens (including phenoxy) is 1. The van der Waals surface area contributed by atoms with E-state index in [2.05, 4.69) is 10.3 Å². The van der Waals surface area contributed by atoms with Gasteiger partial charge in [0.05, 0.1) is 28.8 Å². The molecule has 33 heavy (non-hydrogen) atoms. The molecule has 0 radical (unpaired) electrons. The van der Waals surface area contributed by atoms with Gasteiger partial charge in [-0.1, -0.05) is 37.7 Å². The van der Waals surface area contributed by atoms with E-state index in [9.17, 15) is 14.4 Å². The molecule has 2 aromatic heterocycles. The molecular formula is C24H27N3O4S2. The largest absolute Gasteiger partial charge is 0.462 e. The number of aryl methyl sites for hydroxylation is 1. The molecule has 0 aliphatic heterocycles. The molecule has 0 spiro atoms. The number of rotatable bonds is 8. The molecule has 1 aliphatic rings. The second-order valence-electron chi connectivity index (χ2n) is 8.34. The zero-order chi connectivity index (χ0) is 23.5. The van der Waals surface area contributed by atoms with Crippen LogP contribution in [0.4, 0.5) is 5.00 Å². The first-order chi connectivity index (χ1) is 15.9. The Bertz CT molecular complexity index is 1260. The van der Waals surface area contributed by atoms with E-state index in [-0.39, 0.29) is 35.7 Å². The lowest BCUT2D eigenvalue weighted by molar-refractivity contribution is -0.113. The Morgan fingerprint density at radius 3 is 2.82 bits per heavy atom. The fourth-order valence-corrected chi connectivity index (χ4v) is 6.09. The number of thioether (sulfide) groups is 1. The van der Waals surface area contributed by atoms with E-state index in [1.54, 1.807) is 23.6 Å². The highest BCUT2D eigenvalue weighted by Gasteiger charge is 2.28. The third kappa shape index (κ3) is 4.99. The number of hydrogen-bond acceptors (Lipinski definition) is 7. The maximum atomic E-state index is 13.0. The number of aromatic nitrogens is 2. The molecule has 0 saturated carbocycles. The van der Waals surface area contributed by atoms with E-state index in [1.807, 2.05) is 26.0 Å². The van der Waals surface area contributed by atoms with Gasteiger partial charge in [-0.25, -0.2) is 9.78 Å². The standard InChI is InChI=1S/C24H27N3O4S2/c1-4-31-23(30)20-16-9-7-11-18(16)33-21(20)26-19(28)13-32-24-25-17-10-6-5-8-15(17)22(29)27(24)12-14(2)3/h5-6,8,10,14H,4,7,9,11-13H2,1-3H3,(H,26,28). The van der Waals surface area contributed by atoms with Gasteiger partial charge in [0.25, 0.3) is 5.56 Å². The first-order valence-corrected chi connectivity index (χ1v) is 12.9. The minimum absolute atomic E-state index is 0.0771. The Labute approximate surface area is 200 Å². The number of thiophene rings is 1. The first-order valence-electron chi connectivity index (χ1n) is 11.1. The van der Waals surface area contributed by atoms with Gasteiger partial charge in [-0.15, -0.1) is 11.3 Å². The van der Waals surface area contributed by atoms with Crippen molar-refractivity contribution < 1.29 is 14.3 Å². The molecule has 0 atom stereocenters. The van der Waals surface area contributed by atoms with Crippen LogP contribution in [0.2, 0.25) is 0 Å². The molecule has 0 unspecified atom stereocenters. The molecule has 1 amide bonds. The van der Waals surface area contributed by atoms with Gasteiger partial charge >= 0.3 is 5.97 Å². The number of nitrogens with one attached hydrogen (secondary N) is 1. The van der Waals surface area contributed by atoms with Crippen LogP contribution in [0.25, 0.3) is 10.9 Å². The summed E-state index contributed by atoms with van der Waals surface area (Å²) in [5.74, 6) is -0.307. The van der Waals surface area contributed by atoms with E-state index in [0.717, 1.165) is 29.7 Å². The number of fused-ring (bicyclic) bond motifs is 2. The van der Waals surface area contributed by atoms with Gasteiger partial charge in [0.2, 0.25) is 5.91 Å². The fourth-order valence-electron chi connectivity index (χ4n) is 3.99. The van der Waals surface area contributed by atoms with Crippen LogP contribution in [0.3, 0.4) is 0 Å². The maximum Gasteiger partial charge on any atom is 0.341 e. The monoisotopic (exact) mass is 485 g/mol. The van der Waals surface area contributed by atoms with Gasteiger partial charge in [0, 0.05) is 11.4 Å². The second kappa shape index (κ2) is 10.1. The Morgan fingerprint density at radius 1 is 1.27 bits per heavy atom. The molecule has 2 heterocycles. The second-order valence-corrected chi connectivity index (χ2v) is 10.4. The summed E-state index contributed by atoms with van der Waals surface area (Å²) in [7, 11) is 0. The third-order valence-corrected chi connectivity index (χ3v) is 7.54. The predicted molar refractivity (Wildman–Crippen MR) is 132 cm³/mol. The van der Waals surface area contributed by atoms with Crippen LogP contribution >= 0.6 is 23.1 Å². The summed E-state index contributed by atoms with van der Waals surface area (Å²) >= 11 is 2.68. The molecule has 9 heteroatoms. The van der Waals surface area contributed by atoms with Crippen molar-refractivity contribution in [3.8, 4) is 0 Å². The molecule has 1 aromatic carbocycles. The first kappa shape index (κ1) is 23.5. The fraction of sp³-hybridized carbons (Fsp3) is 0.417. The number of esters is 1. The SMILES string of the molecule is CCOC(=O)c1c(NC(=O)CSc2nc3ccccc3c(=O)n2CC(C)C)sc2c1CCC2. The predicted octanol–water partition coefficient (Wildman–Crippen LogP) is 4.51. The molecule has 0 fully saturated rings. The average Bonchev–Trinajstić information content (AvgIpc) is 3.35. The summed E-state index contributed by atoms with van der Waals surface area (Å²) in [6, 6.07) is 7.25. The Balaban J connectivity index is 1.55. The Morgan fingerprint density at radius 2 is 2.06 bits per heavy atom. The lowest BCUT2D eigenvalue weighted by Gasteiger charge is -2.15. The van der Waals surface area contributed by atoms with Crippen LogP contribution in [-0.2, 0) is 28.9 Å². The lowest BCUT2D eigenvalue weighted by Crippen LogP contribution is -2.26. The average molecular weight is 486 g/mol. The van der Waals surface area contributed by atoms with Crippen molar-refractivity contribution >= 4 is 50.9 Å². The smallest absolute Gasteiger partial charge is 0.341 e. The molecular weight excluding hydrogens is 458 g/mol. The van der Waals surface area contributed by atoms with Crippen LogP contribution in [0, 0.1) is 5.92 Å². The zero-order valence-electron chi connectivity index (χ0n) is 19.0. The summed E-state index contributed by atoms with van der Waals surface area (Å²) in [6.45, 7) is 6.65. The molecule has 0 bridgehead atoms. The van der Waals surface area contributed by atoms with Gasteiger partial charge in [-0.3, -0.25) is 14.2 Å². The quantitative estimate of drug-likeness (QED) is 0.287. The van der Waals surface area contributed by atoms with Gasteiger partial charge in [0.1, 0.15) is 5.00 Å². The van der Waals surface area contributed by atoms with Crippen LogP contribution in [0.5, 0.6) is 0 Å². The molecule has 174 valence electrons. The summed E-state index contributed by atoms with van der Waals surface area (Å²) in [6.07, 6.45) is 2.76. The number of amides is 1. The molecule has 0 saturated heterocycles. The third-order valence-electron chi connectivity index (χ3n) is 5.36. The van der Waals surface area contributed by atoms with Gasteiger partial charge in [-0.2, -0.15) is 0 Å². The van der Waals surface area contributed by atoms with E-state index >= 15 is 0 Å². The lowest BCUT2D eigenvalue weighted by atomic mass is 10.1. The van der Waals surface area contributed by atoms with Gasteiger partial charge in [0.15, 0.2) is 5.16 Å². The molecule has 4 rings (SSSR count). The van der Waals surface area contributed by atoms with Crippen LogP contribution in [0.1, 0.15) is 48.0 Å². The molecule has 3 aromatic rings. The maximum absolute atomic E-state index is 13.0. The minimum atomic E-state index is -0.387. The van der Waals surface area contributed by atoms with Gasteiger partial charge < -0.3 is 10.1 Å². The number of nitrogens with zero attached hydrogens (tertiary/aromatic N) is 2. The highest BCUT2D eigenvalue weighted by molar-refractivity contribution is 7.99. The number of anilines is 1. The van der Waals surface area contributed by atoms with Crippen molar-refractivity contribution in [3.63, 3.8) is 0 Å². The normalized spacial score (nSPS) is 12.8. The van der Waals surface area contributed by atoms with E-state index in [4.69, 9.17) is 4.74 Å². The van der Waals surface area contributed by atoms with Crippen molar-refractivity contribution in [3.05, 3.63) is 50.6 Å². The van der Waals surface area contributed by atoms with Crippen molar-refractivity contribution in [2.24, 2.45) is 5.92 Å². The van der Waals surface area contributed by atoms with Gasteiger partial charge in [-0.05, 0) is 49.8 Å².